The lowest BCUT2D eigenvalue weighted by Gasteiger charge is -2.32. The van der Waals surface area contributed by atoms with Crippen molar-refractivity contribution < 1.29 is 9.59 Å². The van der Waals surface area contributed by atoms with E-state index >= 15 is 0 Å². The molecule has 35 heavy (non-hydrogen) atoms. The molecule has 0 saturated heterocycles. The van der Waals surface area contributed by atoms with Crippen LogP contribution in [0, 0.1) is 13.8 Å². The first-order chi connectivity index (χ1) is 16.7. The number of benzene rings is 3. The van der Waals surface area contributed by atoms with Gasteiger partial charge in [-0.2, -0.15) is 0 Å². The molecule has 4 nitrogen and oxygen atoms in total. The van der Waals surface area contributed by atoms with Crippen LogP contribution in [-0.4, -0.2) is 28.8 Å². The summed E-state index contributed by atoms with van der Waals surface area (Å²) in [6, 6.07) is 23.5. The molecule has 3 aromatic carbocycles. The number of nitrogens with zero attached hydrogens (tertiary/aromatic N) is 1. The van der Waals surface area contributed by atoms with Gasteiger partial charge >= 0.3 is 0 Å². The maximum atomic E-state index is 13.8. The summed E-state index contributed by atoms with van der Waals surface area (Å²) in [7, 11) is 0. The van der Waals surface area contributed by atoms with Gasteiger partial charge in [-0.05, 0) is 56.0 Å². The summed E-state index contributed by atoms with van der Waals surface area (Å²) in [5, 5.41) is 3.12. The summed E-state index contributed by atoms with van der Waals surface area (Å²) in [5.74, 6) is -0.174. The quantitative estimate of drug-likeness (QED) is 0.338. The van der Waals surface area contributed by atoms with Gasteiger partial charge in [0.1, 0.15) is 6.04 Å². The van der Waals surface area contributed by atoms with Crippen LogP contribution < -0.4 is 5.32 Å². The summed E-state index contributed by atoms with van der Waals surface area (Å²) in [6.07, 6.45) is 1.53. The molecule has 0 aromatic heterocycles. The predicted molar refractivity (Wildman–Crippen MR) is 146 cm³/mol. The van der Waals surface area contributed by atoms with Crippen molar-refractivity contribution in [3.05, 3.63) is 105 Å². The Bertz CT molecular complexity index is 1110. The topological polar surface area (TPSA) is 49.4 Å². The Labute approximate surface area is 217 Å². The fourth-order valence-corrected chi connectivity index (χ4v) is 4.49. The average molecular weight is 536 g/mol. The molecule has 0 aliphatic rings. The number of carbonyl (C=O) groups is 2. The van der Waals surface area contributed by atoms with Gasteiger partial charge < -0.3 is 10.2 Å². The summed E-state index contributed by atoms with van der Waals surface area (Å²) in [4.78, 5) is 29.1. The van der Waals surface area contributed by atoms with Crippen molar-refractivity contribution in [1.29, 1.82) is 0 Å². The number of aryl methyl sites for hydroxylation is 2. The van der Waals surface area contributed by atoms with Gasteiger partial charge in [0, 0.05) is 23.5 Å². The smallest absolute Gasteiger partial charge is 0.243 e. The molecule has 0 aliphatic carbocycles. The van der Waals surface area contributed by atoms with E-state index in [0.717, 1.165) is 38.7 Å². The number of carbonyl (C=O) groups excluding carboxylic acids is 2. The van der Waals surface area contributed by atoms with Crippen LogP contribution in [-0.2, 0) is 29.0 Å². The molecule has 0 fully saturated rings. The SMILES string of the molecule is CC[C@H](C)NC(=O)[C@@H](Cc1ccccc1)N(Cc1ccc(Br)cc1)C(=O)Cc1cc(C)cc(C)c1. The molecular formula is C30H35BrN2O2. The zero-order valence-electron chi connectivity index (χ0n) is 21.1. The lowest BCUT2D eigenvalue weighted by molar-refractivity contribution is -0.141. The van der Waals surface area contributed by atoms with Crippen LogP contribution in [0.5, 0.6) is 0 Å². The molecule has 1 N–H and O–H groups in total. The predicted octanol–water partition coefficient (Wildman–Crippen LogP) is 6.16. The maximum absolute atomic E-state index is 13.8. The Balaban J connectivity index is 1.98. The second-order valence-corrected chi connectivity index (χ2v) is 10.3. The van der Waals surface area contributed by atoms with Gasteiger partial charge in [-0.1, -0.05) is 94.6 Å². The molecule has 0 saturated carbocycles. The van der Waals surface area contributed by atoms with Gasteiger partial charge in [-0.25, -0.2) is 0 Å². The van der Waals surface area contributed by atoms with Crippen molar-refractivity contribution in [2.75, 3.05) is 0 Å². The second-order valence-electron chi connectivity index (χ2n) is 9.34. The number of rotatable bonds is 10. The van der Waals surface area contributed by atoms with E-state index in [1.54, 1.807) is 4.90 Å². The van der Waals surface area contributed by atoms with E-state index in [0.29, 0.717) is 13.0 Å². The molecule has 0 aliphatic heterocycles. The zero-order chi connectivity index (χ0) is 25.4. The first-order valence-corrected chi connectivity index (χ1v) is 13.0. The highest BCUT2D eigenvalue weighted by Crippen LogP contribution is 2.19. The average Bonchev–Trinajstić information content (AvgIpc) is 2.82. The molecule has 3 aromatic rings. The van der Waals surface area contributed by atoms with E-state index in [-0.39, 0.29) is 24.3 Å². The summed E-state index contributed by atoms with van der Waals surface area (Å²) in [5.41, 5.74) is 5.23. The molecule has 3 rings (SSSR count). The lowest BCUT2D eigenvalue weighted by Crippen LogP contribution is -2.52. The van der Waals surface area contributed by atoms with Crippen LogP contribution in [0.15, 0.2) is 77.3 Å². The molecular weight excluding hydrogens is 500 g/mol. The van der Waals surface area contributed by atoms with Crippen LogP contribution in [0.25, 0.3) is 0 Å². The van der Waals surface area contributed by atoms with Crippen LogP contribution in [0.1, 0.15) is 48.1 Å². The van der Waals surface area contributed by atoms with Crippen molar-refractivity contribution in [2.45, 2.75) is 65.6 Å². The Morgan fingerprint density at radius 1 is 0.886 bits per heavy atom. The number of hydrogen-bond donors (Lipinski definition) is 1. The number of halogens is 1. The standard InChI is InChI=1S/C30H35BrN2O2/c1-5-23(4)32-30(35)28(18-24-9-7-6-8-10-24)33(20-25-11-13-27(31)14-12-25)29(34)19-26-16-21(2)15-22(3)17-26/h6-17,23,28H,5,18-20H2,1-4H3,(H,32,35)/t23-,28+/m0/s1. The Morgan fingerprint density at radius 2 is 1.51 bits per heavy atom. The maximum Gasteiger partial charge on any atom is 0.243 e. The zero-order valence-corrected chi connectivity index (χ0v) is 22.6. The van der Waals surface area contributed by atoms with Gasteiger partial charge in [0.25, 0.3) is 0 Å². The van der Waals surface area contributed by atoms with Crippen LogP contribution >= 0.6 is 15.9 Å². The van der Waals surface area contributed by atoms with Crippen molar-refractivity contribution in [3.63, 3.8) is 0 Å². The summed E-state index contributed by atoms with van der Waals surface area (Å²) < 4.78 is 0.977. The van der Waals surface area contributed by atoms with E-state index in [1.165, 1.54) is 0 Å². The Kier molecular flexibility index (Phi) is 9.67. The largest absolute Gasteiger partial charge is 0.352 e. The Hall–Kier alpha value is -2.92. The lowest BCUT2D eigenvalue weighted by atomic mass is 10.00. The summed E-state index contributed by atoms with van der Waals surface area (Å²) >= 11 is 3.49. The van der Waals surface area contributed by atoms with Gasteiger partial charge in [-0.3, -0.25) is 9.59 Å². The Morgan fingerprint density at radius 3 is 2.11 bits per heavy atom. The van der Waals surface area contributed by atoms with Crippen molar-refractivity contribution in [2.24, 2.45) is 0 Å². The molecule has 0 radical (unpaired) electrons. The van der Waals surface area contributed by atoms with Gasteiger partial charge in [0.2, 0.25) is 11.8 Å². The third-order valence-electron chi connectivity index (χ3n) is 6.18. The molecule has 2 atom stereocenters. The third-order valence-corrected chi connectivity index (χ3v) is 6.70. The minimum atomic E-state index is -0.617. The first kappa shape index (κ1) is 26.7. The molecule has 0 spiro atoms. The minimum Gasteiger partial charge on any atom is -0.352 e. The van der Waals surface area contributed by atoms with Crippen molar-refractivity contribution in [3.8, 4) is 0 Å². The van der Waals surface area contributed by atoms with Crippen LogP contribution in [0.4, 0.5) is 0 Å². The van der Waals surface area contributed by atoms with Crippen LogP contribution in [0.2, 0.25) is 0 Å². The van der Waals surface area contributed by atoms with Crippen molar-refractivity contribution in [1.82, 2.24) is 10.2 Å². The number of amides is 2. The van der Waals surface area contributed by atoms with Gasteiger partial charge in [-0.15, -0.1) is 0 Å². The van der Waals surface area contributed by atoms with Gasteiger partial charge in [0.15, 0.2) is 0 Å². The summed E-state index contributed by atoms with van der Waals surface area (Å²) in [6.45, 7) is 8.48. The molecule has 5 heteroatoms. The highest BCUT2D eigenvalue weighted by atomic mass is 79.9. The second kappa shape index (κ2) is 12.7. The highest BCUT2D eigenvalue weighted by Gasteiger charge is 2.31. The van der Waals surface area contributed by atoms with Gasteiger partial charge in [0.05, 0.1) is 6.42 Å². The fourth-order valence-electron chi connectivity index (χ4n) is 4.23. The van der Waals surface area contributed by atoms with Crippen molar-refractivity contribution >= 4 is 27.7 Å². The van der Waals surface area contributed by atoms with E-state index in [1.807, 2.05) is 94.4 Å². The monoisotopic (exact) mass is 534 g/mol. The molecule has 0 unspecified atom stereocenters. The first-order valence-electron chi connectivity index (χ1n) is 12.2. The molecule has 0 heterocycles. The highest BCUT2D eigenvalue weighted by molar-refractivity contribution is 9.10. The normalized spacial score (nSPS) is 12.6. The van der Waals surface area contributed by atoms with E-state index in [9.17, 15) is 9.59 Å². The van der Waals surface area contributed by atoms with E-state index in [4.69, 9.17) is 0 Å². The van der Waals surface area contributed by atoms with E-state index < -0.39 is 6.04 Å². The van der Waals surface area contributed by atoms with Crippen LogP contribution in [0.3, 0.4) is 0 Å². The number of hydrogen-bond acceptors (Lipinski definition) is 2. The van der Waals surface area contributed by atoms with E-state index in [2.05, 4.69) is 27.3 Å². The molecule has 2 amide bonds. The number of nitrogens with one attached hydrogen (secondary N) is 1. The third kappa shape index (κ3) is 8.07. The minimum absolute atomic E-state index is 0.0322. The molecule has 0 bridgehead atoms. The molecule has 184 valence electrons. The fraction of sp³-hybridized carbons (Fsp3) is 0.333.